The van der Waals surface area contributed by atoms with Crippen molar-refractivity contribution in [3.63, 3.8) is 0 Å². The molecule has 1 heterocycles. The Morgan fingerprint density at radius 3 is 2.12 bits per heavy atom. The largest absolute Gasteiger partial charge is 0.464 e. The molecule has 1 atom stereocenters. The summed E-state index contributed by atoms with van der Waals surface area (Å²) in [7, 11) is 0.805. The summed E-state index contributed by atoms with van der Waals surface area (Å²) in [5, 5.41) is 0.401. The van der Waals surface area contributed by atoms with Crippen molar-refractivity contribution in [3.05, 3.63) is 65.9 Å². The van der Waals surface area contributed by atoms with E-state index in [2.05, 4.69) is 4.74 Å². The first-order valence-corrected chi connectivity index (χ1v) is 11.1. The van der Waals surface area contributed by atoms with Crippen molar-refractivity contribution >= 4 is 32.8 Å². The number of aryl methyl sites for hydroxylation is 1. The van der Waals surface area contributed by atoms with Gasteiger partial charge in [-0.05, 0) is 46.6 Å². The topological polar surface area (TPSA) is 40.5 Å². The summed E-state index contributed by atoms with van der Waals surface area (Å²) in [5.74, 6) is -6.06. The summed E-state index contributed by atoms with van der Waals surface area (Å²) in [4.78, 5) is 7.40. The SMILES string of the molecule is CC.CC.COC(=O)C(F)(Oc1cccc2c1cc(C)n2Cc1ccccc1)C(F)(F)Br. The molecule has 0 saturated carbocycles. The van der Waals surface area contributed by atoms with Gasteiger partial charge in [0.1, 0.15) is 5.75 Å². The Labute approximate surface area is 195 Å². The predicted molar refractivity (Wildman–Crippen MR) is 125 cm³/mol. The van der Waals surface area contributed by atoms with Gasteiger partial charge in [-0.3, -0.25) is 0 Å². The average molecular weight is 516 g/mol. The lowest BCUT2D eigenvalue weighted by Crippen LogP contribution is -2.52. The molecule has 3 aromatic rings. The molecule has 0 aliphatic carbocycles. The Morgan fingerprint density at radius 2 is 1.59 bits per heavy atom. The number of carbonyl (C=O) groups is 1. The third-order valence-corrected chi connectivity index (χ3v) is 4.87. The normalized spacial score (nSPS) is 12.6. The molecule has 0 saturated heterocycles. The molecule has 2 aromatic carbocycles. The minimum absolute atomic E-state index is 0.195. The molecule has 3 rings (SSSR count). The van der Waals surface area contributed by atoms with Crippen LogP contribution < -0.4 is 4.74 Å². The molecular weight excluding hydrogens is 487 g/mol. The quantitative estimate of drug-likeness (QED) is 0.256. The van der Waals surface area contributed by atoms with Gasteiger partial charge in [0.2, 0.25) is 0 Å². The summed E-state index contributed by atoms with van der Waals surface area (Å²) < 4.78 is 53.4. The zero-order valence-electron chi connectivity index (χ0n) is 19.1. The van der Waals surface area contributed by atoms with E-state index in [0.29, 0.717) is 17.4 Å². The number of hydrogen-bond acceptors (Lipinski definition) is 3. The van der Waals surface area contributed by atoms with Crippen LogP contribution in [0.3, 0.4) is 0 Å². The second-order valence-corrected chi connectivity index (χ2v) is 7.23. The number of alkyl halides is 4. The van der Waals surface area contributed by atoms with E-state index >= 15 is 0 Å². The zero-order chi connectivity index (χ0) is 24.5. The highest BCUT2D eigenvalue weighted by Gasteiger charge is 2.63. The summed E-state index contributed by atoms with van der Waals surface area (Å²) >= 11 is 1.89. The van der Waals surface area contributed by atoms with Gasteiger partial charge < -0.3 is 14.0 Å². The van der Waals surface area contributed by atoms with Crippen molar-refractivity contribution < 1.29 is 27.4 Å². The average Bonchev–Trinajstić information content (AvgIpc) is 3.12. The van der Waals surface area contributed by atoms with E-state index < -0.39 is 16.7 Å². The van der Waals surface area contributed by atoms with Crippen LogP contribution in [-0.2, 0) is 16.1 Å². The van der Waals surface area contributed by atoms with Crippen LogP contribution in [0, 0.1) is 6.92 Å². The summed E-state index contributed by atoms with van der Waals surface area (Å²) in [6.07, 6.45) is 0. The smallest absolute Gasteiger partial charge is 0.419 e. The fraction of sp³-hybridized carbons (Fsp3) is 0.375. The van der Waals surface area contributed by atoms with Crippen molar-refractivity contribution in [3.8, 4) is 5.75 Å². The number of rotatable bonds is 6. The lowest BCUT2D eigenvalue weighted by molar-refractivity contribution is -0.213. The molecule has 0 fully saturated rings. The van der Waals surface area contributed by atoms with E-state index in [0.717, 1.165) is 18.4 Å². The van der Waals surface area contributed by atoms with Crippen molar-refractivity contribution in [2.24, 2.45) is 0 Å². The number of esters is 1. The lowest BCUT2D eigenvalue weighted by Gasteiger charge is -2.27. The van der Waals surface area contributed by atoms with Gasteiger partial charge in [0.25, 0.3) is 0 Å². The molecule has 0 N–H and O–H groups in total. The van der Waals surface area contributed by atoms with Gasteiger partial charge in [0.15, 0.2) is 0 Å². The van der Waals surface area contributed by atoms with Crippen LogP contribution >= 0.6 is 15.9 Å². The van der Waals surface area contributed by atoms with Gasteiger partial charge in [0, 0.05) is 17.6 Å². The van der Waals surface area contributed by atoms with Crippen LogP contribution in [0.25, 0.3) is 10.9 Å². The van der Waals surface area contributed by atoms with Crippen LogP contribution in [0.1, 0.15) is 39.0 Å². The minimum atomic E-state index is -4.29. The number of hydrogen-bond donors (Lipinski definition) is 0. The number of carbonyl (C=O) groups excluding carboxylic acids is 1. The molecule has 4 nitrogen and oxygen atoms in total. The second-order valence-electron chi connectivity index (χ2n) is 6.23. The maximum atomic E-state index is 14.9. The molecule has 32 heavy (non-hydrogen) atoms. The van der Waals surface area contributed by atoms with Gasteiger partial charge in [-0.15, -0.1) is 0 Å². The predicted octanol–water partition coefficient (Wildman–Crippen LogP) is 7.26. The first-order valence-electron chi connectivity index (χ1n) is 10.3. The molecular formula is C24H29BrF3NO3. The van der Waals surface area contributed by atoms with Gasteiger partial charge in [-0.25, -0.2) is 4.79 Å². The Balaban J connectivity index is 0.00000121. The summed E-state index contributed by atoms with van der Waals surface area (Å²) in [5.41, 5.74) is 2.52. The fourth-order valence-corrected chi connectivity index (χ4v) is 3.20. The van der Waals surface area contributed by atoms with Gasteiger partial charge in [-0.2, -0.15) is 13.2 Å². The van der Waals surface area contributed by atoms with Crippen LogP contribution in [-0.4, -0.2) is 28.3 Å². The molecule has 0 bridgehead atoms. The van der Waals surface area contributed by atoms with Crippen molar-refractivity contribution in [1.82, 2.24) is 4.57 Å². The standard InChI is InChI=1S/C20H17BrF3NO3.2C2H6/c1-13-11-15-16(25(13)12-14-7-4-3-5-8-14)9-6-10-17(15)28-19(22,18(26)27-2)20(21,23)24;2*1-2/h3-11H,12H2,1-2H3;2*1-2H3. The third kappa shape index (κ3) is 5.85. The van der Waals surface area contributed by atoms with Crippen molar-refractivity contribution in [2.75, 3.05) is 7.11 Å². The first kappa shape index (κ1) is 27.6. The molecule has 0 amide bonds. The van der Waals surface area contributed by atoms with Crippen molar-refractivity contribution in [1.29, 1.82) is 0 Å². The highest BCUT2D eigenvalue weighted by molar-refractivity contribution is 9.10. The highest BCUT2D eigenvalue weighted by Crippen LogP contribution is 2.42. The van der Waals surface area contributed by atoms with E-state index in [9.17, 15) is 18.0 Å². The molecule has 0 aliphatic rings. The molecule has 1 aromatic heterocycles. The number of methoxy groups -OCH3 is 1. The summed E-state index contributed by atoms with van der Waals surface area (Å²) in [6, 6.07) is 16.0. The molecule has 0 aliphatic heterocycles. The zero-order valence-corrected chi connectivity index (χ0v) is 20.7. The van der Waals surface area contributed by atoms with Gasteiger partial charge in [-0.1, -0.05) is 64.1 Å². The molecule has 0 spiro atoms. The monoisotopic (exact) mass is 515 g/mol. The minimum Gasteiger partial charge on any atom is -0.464 e. The Morgan fingerprint density at radius 1 is 1.00 bits per heavy atom. The van der Waals surface area contributed by atoms with Crippen LogP contribution in [0.15, 0.2) is 54.6 Å². The number of aromatic nitrogens is 1. The lowest BCUT2D eigenvalue weighted by atomic mass is 10.2. The van der Waals surface area contributed by atoms with E-state index in [-0.39, 0.29) is 5.75 Å². The van der Waals surface area contributed by atoms with E-state index in [4.69, 9.17) is 4.74 Å². The van der Waals surface area contributed by atoms with Gasteiger partial charge in [0.05, 0.1) is 12.6 Å². The Bertz CT molecular complexity index is 1000. The van der Waals surface area contributed by atoms with E-state index in [1.165, 1.54) is 6.07 Å². The Kier molecular flexibility index (Phi) is 10.3. The van der Waals surface area contributed by atoms with E-state index in [1.54, 1.807) is 18.2 Å². The number of nitrogens with zero attached hydrogens (tertiary/aromatic N) is 1. The summed E-state index contributed by atoms with van der Waals surface area (Å²) in [6.45, 7) is 10.4. The molecule has 8 heteroatoms. The third-order valence-electron chi connectivity index (χ3n) is 4.36. The van der Waals surface area contributed by atoms with Crippen LogP contribution in [0.5, 0.6) is 5.75 Å². The first-order chi connectivity index (χ1) is 15.2. The Hall–Kier alpha value is -2.48. The van der Waals surface area contributed by atoms with Gasteiger partial charge >= 0.3 is 16.7 Å². The fourth-order valence-electron chi connectivity index (χ4n) is 2.95. The molecule has 176 valence electrons. The molecule has 0 radical (unpaired) electrons. The van der Waals surface area contributed by atoms with Crippen molar-refractivity contribution in [2.45, 2.75) is 51.9 Å². The maximum Gasteiger partial charge on any atom is 0.419 e. The molecule has 1 unspecified atom stereocenters. The maximum absolute atomic E-state index is 14.9. The number of fused-ring (bicyclic) bond motifs is 1. The van der Waals surface area contributed by atoms with Crippen LogP contribution in [0.4, 0.5) is 13.2 Å². The highest BCUT2D eigenvalue weighted by atomic mass is 79.9. The van der Waals surface area contributed by atoms with E-state index in [1.807, 2.05) is 85.4 Å². The second kappa shape index (κ2) is 11.9. The number of benzene rings is 2. The number of halogens is 4. The number of ether oxygens (including phenoxy) is 2. The van der Waals surface area contributed by atoms with Crippen LogP contribution in [0.2, 0.25) is 0 Å².